The fourth-order valence-corrected chi connectivity index (χ4v) is 1.59. The second kappa shape index (κ2) is 9.86. The lowest BCUT2D eigenvalue weighted by Crippen LogP contribution is -2.43. The Morgan fingerprint density at radius 2 is 2.00 bits per heavy atom. The number of hydrogen-bond donors (Lipinski definition) is 3. The summed E-state index contributed by atoms with van der Waals surface area (Å²) in [4.78, 5) is 10.7. The summed E-state index contributed by atoms with van der Waals surface area (Å²) in [5.74, 6) is 0. The molecule has 1 fully saturated rings. The minimum absolute atomic E-state index is 0.116. The molecule has 1 rings (SSSR count). The van der Waals surface area contributed by atoms with E-state index in [2.05, 4.69) is 16.0 Å². The molecule has 0 bridgehead atoms. The molecule has 0 saturated carbocycles. The number of nitrogens with two attached hydrogens (primary N) is 1. The first kappa shape index (κ1) is 15.7. The maximum atomic E-state index is 8.58. The molecule has 17 heavy (non-hydrogen) atoms. The first-order chi connectivity index (χ1) is 8.17. The summed E-state index contributed by atoms with van der Waals surface area (Å²) in [7, 11) is 0. The van der Waals surface area contributed by atoms with Crippen LogP contribution >= 0.6 is 11.6 Å². The molecular formula is C11H19ClN4O. The molecule has 0 unspecified atom stereocenters. The highest BCUT2D eigenvalue weighted by molar-refractivity contribution is 6.68. The van der Waals surface area contributed by atoms with Gasteiger partial charge in [0.25, 0.3) is 0 Å². The van der Waals surface area contributed by atoms with Crippen molar-refractivity contribution >= 4 is 23.2 Å². The van der Waals surface area contributed by atoms with Crippen molar-refractivity contribution in [3.8, 4) is 0 Å². The third kappa shape index (κ3) is 6.76. The third-order valence-corrected chi connectivity index (χ3v) is 2.32. The van der Waals surface area contributed by atoms with Crippen LogP contribution in [0, 0.1) is 5.41 Å². The Hall–Kier alpha value is -1.33. The van der Waals surface area contributed by atoms with E-state index in [4.69, 9.17) is 21.8 Å². The van der Waals surface area contributed by atoms with Gasteiger partial charge in [-0.3, -0.25) is 10.2 Å². The van der Waals surface area contributed by atoms with E-state index < -0.39 is 0 Å². The molecule has 0 atom stereocenters. The van der Waals surface area contributed by atoms with Gasteiger partial charge in [-0.2, -0.15) is 0 Å². The summed E-state index contributed by atoms with van der Waals surface area (Å²) in [6.45, 7) is 5.69. The summed E-state index contributed by atoms with van der Waals surface area (Å²) in [5.41, 5.74) is 4.98. The Morgan fingerprint density at radius 3 is 2.41 bits per heavy atom. The molecule has 5 nitrogen and oxygen atoms in total. The monoisotopic (exact) mass is 258 g/mol. The van der Waals surface area contributed by atoms with E-state index in [9.17, 15) is 0 Å². The van der Waals surface area contributed by atoms with E-state index in [1.54, 1.807) is 0 Å². The molecule has 0 aromatic rings. The minimum atomic E-state index is 0.116. The van der Waals surface area contributed by atoms with Crippen molar-refractivity contribution in [2.75, 3.05) is 26.2 Å². The molecule has 96 valence electrons. The van der Waals surface area contributed by atoms with Gasteiger partial charge in [0, 0.05) is 26.2 Å². The number of primary amides is 1. The SMILES string of the molecule is C/C=C/C=C(\C(=N)Cl)N1CCNCC1.NC=O. The smallest absolute Gasteiger partial charge is 0.204 e. The summed E-state index contributed by atoms with van der Waals surface area (Å²) in [6.07, 6.45) is 5.98. The standard InChI is InChI=1S/C10H16ClN3.CH3NO/c1-2-3-4-9(10(11)12)14-7-5-13-6-8-14;2-1-3/h2-4,12-13H,5-8H2,1H3;1H,(H2,2,3)/b3-2+,9-4+,12-10?;. The predicted molar refractivity (Wildman–Crippen MR) is 71.2 cm³/mol. The van der Waals surface area contributed by atoms with Crippen molar-refractivity contribution in [1.82, 2.24) is 10.2 Å². The lowest BCUT2D eigenvalue weighted by molar-refractivity contribution is -0.106. The van der Waals surface area contributed by atoms with Gasteiger partial charge in [-0.15, -0.1) is 0 Å². The van der Waals surface area contributed by atoms with Gasteiger partial charge in [0.05, 0.1) is 5.70 Å². The van der Waals surface area contributed by atoms with Gasteiger partial charge in [0.1, 0.15) is 5.17 Å². The number of hydrogen-bond acceptors (Lipinski definition) is 4. The lowest BCUT2D eigenvalue weighted by Gasteiger charge is -2.30. The Kier molecular flexibility index (Phi) is 9.09. The second-order valence-electron chi connectivity index (χ2n) is 3.26. The van der Waals surface area contributed by atoms with Crippen LogP contribution in [0.1, 0.15) is 6.92 Å². The van der Waals surface area contributed by atoms with Gasteiger partial charge < -0.3 is 16.0 Å². The predicted octanol–water partition coefficient (Wildman–Crippen LogP) is 0.669. The molecule has 1 aliphatic heterocycles. The minimum Gasteiger partial charge on any atom is -0.372 e. The molecule has 1 aliphatic rings. The molecular weight excluding hydrogens is 240 g/mol. The van der Waals surface area contributed by atoms with Crippen LogP contribution in [0.5, 0.6) is 0 Å². The third-order valence-electron chi connectivity index (χ3n) is 2.13. The molecule has 1 amide bonds. The normalized spacial score (nSPS) is 16.4. The first-order valence-electron chi connectivity index (χ1n) is 5.35. The van der Waals surface area contributed by atoms with Gasteiger partial charge in [-0.05, 0) is 13.0 Å². The largest absolute Gasteiger partial charge is 0.372 e. The van der Waals surface area contributed by atoms with Crippen molar-refractivity contribution in [1.29, 1.82) is 5.41 Å². The Morgan fingerprint density at radius 1 is 1.47 bits per heavy atom. The van der Waals surface area contributed by atoms with E-state index in [1.807, 2.05) is 25.2 Å². The molecule has 1 heterocycles. The van der Waals surface area contributed by atoms with Gasteiger partial charge in [-0.1, -0.05) is 23.8 Å². The quantitative estimate of drug-likeness (QED) is 0.395. The van der Waals surface area contributed by atoms with Crippen LogP contribution in [0.25, 0.3) is 0 Å². The Balaban J connectivity index is 0.000000770. The molecule has 0 aromatic heterocycles. The zero-order valence-corrected chi connectivity index (χ0v) is 10.7. The fraction of sp³-hybridized carbons (Fsp3) is 0.455. The van der Waals surface area contributed by atoms with Crippen LogP contribution in [0.15, 0.2) is 23.9 Å². The van der Waals surface area contributed by atoms with E-state index in [0.29, 0.717) is 0 Å². The highest BCUT2D eigenvalue weighted by Crippen LogP contribution is 2.10. The van der Waals surface area contributed by atoms with E-state index in [1.165, 1.54) is 0 Å². The molecule has 0 aliphatic carbocycles. The topological polar surface area (TPSA) is 82.2 Å². The summed E-state index contributed by atoms with van der Waals surface area (Å²) in [6, 6.07) is 0. The maximum absolute atomic E-state index is 8.58. The van der Waals surface area contributed by atoms with Crippen molar-refractivity contribution in [3.05, 3.63) is 23.9 Å². The number of nitrogens with one attached hydrogen (secondary N) is 2. The average molecular weight is 259 g/mol. The second-order valence-corrected chi connectivity index (χ2v) is 3.64. The number of amides is 1. The highest BCUT2D eigenvalue weighted by atomic mass is 35.5. The number of rotatable bonds is 3. The number of piperazine rings is 1. The molecule has 0 aromatic carbocycles. The van der Waals surface area contributed by atoms with Crippen LogP contribution < -0.4 is 11.1 Å². The summed E-state index contributed by atoms with van der Waals surface area (Å²) < 4.78 is 0. The van der Waals surface area contributed by atoms with Gasteiger partial charge in [0.15, 0.2) is 0 Å². The number of carbonyl (C=O) groups is 1. The zero-order chi connectivity index (χ0) is 13.1. The molecule has 4 N–H and O–H groups in total. The maximum Gasteiger partial charge on any atom is 0.204 e. The van der Waals surface area contributed by atoms with Crippen LogP contribution in [-0.4, -0.2) is 42.7 Å². The Labute approximate surface area is 107 Å². The molecule has 1 saturated heterocycles. The van der Waals surface area contributed by atoms with Crippen LogP contribution in [0.2, 0.25) is 0 Å². The fourth-order valence-electron chi connectivity index (χ4n) is 1.41. The highest BCUT2D eigenvalue weighted by Gasteiger charge is 2.14. The van der Waals surface area contributed by atoms with Gasteiger partial charge in [0.2, 0.25) is 6.41 Å². The number of halogens is 1. The first-order valence-corrected chi connectivity index (χ1v) is 5.73. The zero-order valence-electron chi connectivity index (χ0n) is 9.95. The summed E-state index contributed by atoms with van der Waals surface area (Å²) >= 11 is 5.73. The van der Waals surface area contributed by atoms with E-state index in [-0.39, 0.29) is 11.6 Å². The molecule has 0 spiro atoms. The number of carbonyl (C=O) groups excluding carboxylic acids is 1. The van der Waals surface area contributed by atoms with Crippen molar-refractivity contribution in [2.45, 2.75) is 6.92 Å². The van der Waals surface area contributed by atoms with E-state index >= 15 is 0 Å². The average Bonchev–Trinajstić information content (AvgIpc) is 2.31. The van der Waals surface area contributed by atoms with E-state index in [0.717, 1.165) is 31.9 Å². The molecule has 6 heteroatoms. The van der Waals surface area contributed by atoms with Gasteiger partial charge >= 0.3 is 0 Å². The molecule has 0 radical (unpaired) electrons. The van der Waals surface area contributed by atoms with Crippen LogP contribution in [-0.2, 0) is 4.79 Å². The number of allylic oxidation sites excluding steroid dienone is 4. The number of nitrogens with zero attached hydrogens (tertiary/aromatic N) is 1. The van der Waals surface area contributed by atoms with Crippen molar-refractivity contribution in [3.63, 3.8) is 0 Å². The van der Waals surface area contributed by atoms with Crippen LogP contribution in [0.3, 0.4) is 0 Å². The van der Waals surface area contributed by atoms with Crippen LogP contribution in [0.4, 0.5) is 0 Å². The van der Waals surface area contributed by atoms with Crippen molar-refractivity contribution < 1.29 is 4.79 Å². The van der Waals surface area contributed by atoms with Crippen molar-refractivity contribution in [2.24, 2.45) is 5.73 Å². The Bertz CT molecular complexity index is 296. The summed E-state index contributed by atoms with van der Waals surface area (Å²) in [5, 5.41) is 10.8. The van der Waals surface area contributed by atoms with Gasteiger partial charge in [-0.25, -0.2) is 0 Å². The lowest BCUT2D eigenvalue weighted by atomic mass is 10.3.